The largest absolute Gasteiger partial charge is 0.341 e. The van der Waals surface area contributed by atoms with Gasteiger partial charge in [-0.2, -0.15) is 0 Å². The van der Waals surface area contributed by atoms with Crippen LogP contribution < -0.4 is 4.72 Å². The van der Waals surface area contributed by atoms with Crippen LogP contribution in [0, 0.1) is 11.6 Å². The number of aryl methyl sites for hydroxylation is 1. The number of nitrogens with zero attached hydrogens (tertiary/aromatic N) is 1. The summed E-state index contributed by atoms with van der Waals surface area (Å²) >= 11 is 0. The van der Waals surface area contributed by atoms with Crippen molar-refractivity contribution >= 4 is 15.9 Å². The number of amides is 1. The molecule has 0 saturated heterocycles. The fraction of sp³-hybridized carbons (Fsp3) is 0.333. The Hall–Kier alpha value is -2.29. The molecule has 2 N–H and O–H groups in total. The molecule has 2 rings (SSSR count). The Morgan fingerprint density at radius 1 is 1.25 bits per heavy atom. The standard InChI is InChI=1S/C15H17F2N3O3S/c1-4-12-13(15(21)20-24(22,23)8(2)3)19-14(18-12)9-5-10(16)7-11(17)6-9/h5-8H,4H2,1-3H3,(H,18,19)(H,20,21). The van der Waals surface area contributed by atoms with E-state index in [1.807, 2.05) is 4.72 Å². The van der Waals surface area contributed by atoms with Gasteiger partial charge in [-0.1, -0.05) is 6.92 Å². The van der Waals surface area contributed by atoms with Gasteiger partial charge in [0.2, 0.25) is 10.0 Å². The number of halogens is 2. The molecule has 0 spiro atoms. The van der Waals surface area contributed by atoms with E-state index >= 15 is 0 Å². The quantitative estimate of drug-likeness (QED) is 0.859. The van der Waals surface area contributed by atoms with E-state index in [1.54, 1.807) is 6.92 Å². The SMILES string of the molecule is CCc1[nH]c(-c2cc(F)cc(F)c2)nc1C(=O)NS(=O)(=O)C(C)C. The Morgan fingerprint density at radius 3 is 2.33 bits per heavy atom. The highest BCUT2D eigenvalue weighted by Gasteiger charge is 2.24. The first kappa shape index (κ1) is 18.1. The van der Waals surface area contributed by atoms with Crippen LogP contribution in [0.5, 0.6) is 0 Å². The molecular weight excluding hydrogens is 340 g/mol. The predicted molar refractivity (Wildman–Crippen MR) is 84.8 cm³/mol. The van der Waals surface area contributed by atoms with E-state index in [9.17, 15) is 22.0 Å². The first-order valence-electron chi connectivity index (χ1n) is 7.25. The lowest BCUT2D eigenvalue weighted by atomic mass is 10.2. The zero-order valence-electron chi connectivity index (χ0n) is 13.4. The minimum absolute atomic E-state index is 0.0809. The van der Waals surface area contributed by atoms with Crippen molar-refractivity contribution < 1.29 is 22.0 Å². The van der Waals surface area contributed by atoms with Crippen LogP contribution in [0.1, 0.15) is 37.0 Å². The van der Waals surface area contributed by atoms with Crippen LogP contribution in [0.4, 0.5) is 8.78 Å². The highest BCUT2D eigenvalue weighted by molar-refractivity contribution is 7.90. The van der Waals surface area contributed by atoms with Gasteiger partial charge in [0.05, 0.1) is 5.25 Å². The maximum Gasteiger partial charge on any atom is 0.285 e. The predicted octanol–water partition coefficient (Wildman–Crippen LogP) is 2.39. The Kier molecular flexibility index (Phi) is 5.02. The average Bonchev–Trinajstić information content (AvgIpc) is 2.90. The topological polar surface area (TPSA) is 91.9 Å². The number of imidazole rings is 1. The number of benzene rings is 1. The second-order valence-electron chi connectivity index (χ2n) is 5.45. The van der Waals surface area contributed by atoms with Gasteiger partial charge in [-0.05, 0) is 32.4 Å². The summed E-state index contributed by atoms with van der Waals surface area (Å²) in [6.07, 6.45) is 0.356. The van der Waals surface area contributed by atoms with E-state index in [2.05, 4.69) is 9.97 Å². The van der Waals surface area contributed by atoms with Gasteiger partial charge in [-0.15, -0.1) is 0 Å². The monoisotopic (exact) mass is 357 g/mol. The molecule has 130 valence electrons. The minimum atomic E-state index is -3.81. The molecule has 0 aliphatic rings. The van der Waals surface area contributed by atoms with Gasteiger partial charge in [0.1, 0.15) is 17.5 Å². The summed E-state index contributed by atoms with van der Waals surface area (Å²) in [5, 5.41) is -0.790. The zero-order chi connectivity index (χ0) is 18.1. The van der Waals surface area contributed by atoms with E-state index in [0.29, 0.717) is 12.1 Å². The molecule has 1 amide bonds. The fourth-order valence-corrected chi connectivity index (χ4v) is 2.57. The van der Waals surface area contributed by atoms with E-state index in [-0.39, 0.29) is 17.1 Å². The van der Waals surface area contributed by atoms with Crippen molar-refractivity contribution in [1.82, 2.24) is 14.7 Å². The number of aromatic amines is 1. The minimum Gasteiger partial charge on any atom is -0.341 e. The molecule has 6 nitrogen and oxygen atoms in total. The fourth-order valence-electron chi connectivity index (χ4n) is 1.98. The van der Waals surface area contributed by atoms with Crippen LogP contribution in [-0.2, 0) is 16.4 Å². The van der Waals surface area contributed by atoms with Crippen LogP contribution >= 0.6 is 0 Å². The number of nitrogens with one attached hydrogen (secondary N) is 2. The summed E-state index contributed by atoms with van der Waals surface area (Å²) in [5.41, 5.74) is 0.362. The zero-order valence-corrected chi connectivity index (χ0v) is 14.2. The molecule has 0 aliphatic heterocycles. The van der Waals surface area contributed by atoms with E-state index in [4.69, 9.17) is 0 Å². The lowest BCUT2D eigenvalue weighted by molar-refractivity contribution is 0.0976. The van der Waals surface area contributed by atoms with E-state index < -0.39 is 32.8 Å². The van der Waals surface area contributed by atoms with E-state index in [1.165, 1.54) is 13.8 Å². The number of sulfonamides is 1. The number of carbonyl (C=O) groups is 1. The maximum atomic E-state index is 13.3. The summed E-state index contributed by atoms with van der Waals surface area (Å²) in [7, 11) is -3.81. The molecule has 1 aromatic carbocycles. The summed E-state index contributed by atoms with van der Waals surface area (Å²) in [6.45, 7) is 4.60. The molecule has 0 radical (unpaired) electrons. The summed E-state index contributed by atoms with van der Waals surface area (Å²) in [6, 6.07) is 2.85. The van der Waals surface area contributed by atoms with Crippen molar-refractivity contribution in [2.75, 3.05) is 0 Å². The number of hydrogen-bond acceptors (Lipinski definition) is 4. The normalized spacial score (nSPS) is 11.8. The van der Waals surface area contributed by atoms with Crippen molar-refractivity contribution in [3.63, 3.8) is 0 Å². The average molecular weight is 357 g/mol. The molecule has 2 aromatic rings. The van der Waals surface area contributed by atoms with Crippen molar-refractivity contribution in [3.8, 4) is 11.4 Å². The third-order valence-corrected chi connectivity index (χ3v) is 5.05. The van der Waals surface area contributed by atoms with Crippen LogP contribution in [0.25, 0.3) is 11.4 Å². The molecule has 0 aliphatic carbocycles. The highest BCUT2D eigenvalue weighted by Crippen LogP contribution is 2.21. The molecule has 0 saturated carbocycles. The van der Waals surface area contributed by atoms with Gasteiger partial charge in [-0.25, -0.2) is 26.9 Å². The van der Waals surface area contributed by atoms with E-state index in [0.717, 1.165) is 18.2 Å². The van der Waals surface area contributed by atoms with Crippen LogP contribution in [-0.4, -0.2) is 29.5 Å². The van der Waals surface area contributed by atoms with Crippen LogP contribution in [0.2, 0.25) is 0 Å². The Morgan fingerprint density at radius 2 is 1.83 bits per heavy atom. The second-order valence-corrected chi connectivity index (χ2v) is 7.69. The van der Waals surface area contributed by atoms with Gasteiger partial charge >= 0.3 is 0 Å². The van der Waals surface area contributed by atoms with Crippen molar-refractivity contribution in [3.05, 3.63) is 41.2 Å². The number of H-pyrrole nitrogens is 1. The van der Waals surface area contributed by atoms with Crippen LogP contribution in [0.15, 0.2) is 18.2 Å². The third-order valence-electron chi connectivity index (χ3n) is 3.34. The Bertz CT molecular complexity index is 856. The molecule has 1 aromatic heterocycles. The second kappa shape index (κ2) is 6.68. The molecule has 0 fully saturated rings. The first-order valence-corrected chi connectivity index (χ1v) is 8.80. The van der Waals surface area contributed by atoms with Gasteiger partial charge in [0.25, 0.3) is 5.91 Å². The highest BCUT2D eigenvalue weighted by atomic mass is 32.2. The Labute approximate surface area is 138 Å². The Balaban J connectivity index is 2.42. The third kappa shape index (κ3) is 3.78. The molecule has 0 atom stereocenters. The van der Waals surface area contributed by atoms with Gasteiger partial charge in [0.15, 0.2) is 5.69 Å². The lowest BCUT2D eigenvalue weighted by Gasteiger charge is -2.08. The molecule has 1 heterocycles. The van der Waals surface area contributed by atoms with Crippen molar-refractivity contribution in [1.29, 1.82) is 0 Å². The lowest BCUT2D eigenvalue weighted by Crippen LogP contribution is -2.36. The molecule has 0 bridgehead atoms. The molecule has 24 heavy (non-hydrogen) atoms. The van der Waals surface area contributed by atoms with Crippen molar-refractivity contribution in [2.24, 2.45) is 0 Å². The summed E-state index contributed by atoms with van der Waals surface area (Å²) < 4.78 is 52.2. The molecular formula is C15H17F2N3O3S. The smallest absolute Gasteiger partial charge is 0.285 e. The molecule has 9 heteroatoms. The van der Waals surface area contributed by atoms with Gasteiger partial charge in [0, 0.05) is 17.3 Å². The summed E-state index contributed by atoms with van der Waals surface area (Å²) in [4.78, 5) is 19.0. The van der Waals surface area contributed by atoms with Gasteiger partial charge < -0.3 is 4.98 Å². The number of rotatable bonds is 5. The first-order chi connectivity index (χ1) is 11.1. The van der Waals surface area contributed by atoms with Crippen LogP contribution in [0.3, 0.4) is 0 Å². The number of aromatic nitrogens is 2. The number of hydrogen-bond donors (Lipinski definition) is 2. The number of carbonyl (C=O) groups excluding carboxylic acids is 1. The van der Waals surface area contributed by atoms with Crippen molar-refractivity contribution in [2.45, 2.75) is 32.4 Å². The maximum absolute atomic E-state index is 13.3. The summed E-state index contributed by atoms with van der Waals surface area (Å²) in [5.74, 6) is -2.38. The van der Waals surface area contributed by atoms with Gasteiger partial charge in [-0.3, -0.25) is 4.79 Å². The molecule has 0 unspecified atom stereocenters.